The summed E-state index contributed by atoms with van der Waals surface area (Å²) in [6.07, 6.45) is 8.73. The van der Waals surface area contributed by atoms with Crippen LogP contribution in [0.3, 0.4) is 0 Å². The van der Waals surface area contributed by atoms with Crippen LogP contribution in [-0.4, -0.2) is 6.29 Å². The van der Waals surface area contributed by atoms with Crippen LogP contribution >= 0.6 is 0 Å². The average Bonchev–Trinajstić information content (AvgIpc) is 2.57. The first-order valence-electron chi connectivity index (χ1n) is 5.16. The van der Waals surface area contributed by atoms with Crippen molar-refractivity contribution in [2.24, 2.45) is 11.3 Å². The van der Waals surface area contributed by atoms with Gasteiger partial charge in [0, 0.05) is 5.41 Å². The van der Waals surface area contributed by atoms with E-state index in [2.05, 4.69) is 13.8 Å². The quantitative estimate of drug-likeness (QED) is 0.589. The van der Waals surface area contributed by atoms with Crippen LogP contribution in [0.25, 0.3) is 0 Å². The number of rotatable bonds is 4. The fourth-order valence-electron chi connectivity index (χ4n) is 2.15. The van der Waals surface area contributed by atoms with Crippen LogP contribution in [0.5, 0.6) is 0 Å². The Hall–Kier alpha value is -0.330. The van der Waals surface area contributed by atoms with E-state index >= 15 is 0 Å². The van der Waals surface area contributed by atoms with Crippen molar-refractivity contribution in [1.29, 1.82) is 0 Å². The standard InChI is InChI=1S/C11H20O/c1-3-11(2,9-12)8-10-6-4-5-7-10/h9-10H,3-8H2,1-2H3. The smallest absolute Gasteiger partial charge is 0.125 e. The second kappa shape index (κ2) is 4.06. The summed E-state index contributed by atoms with van der Waals surface area (Å²) < 4.78 is 0. The van der Waals surface area contributed by atoms with Gasteiger partial charge in [-0.25, -0.2) is 0 Å². The number of carbonyl (C=O) groups excluding carboxylic acids is 1. The molecule has 0 bridgehead atoms. The molecule has 0 heterocycles. The molecular formula is C11H20O. The molecule has 1 aliphatic carbocycles. The largest absolute Gasteiger partial charge is 0.303 e. The highest BCUT2D eigenvalue weighted by atomic mass is 16.1. The highest BCUT2D eigenvalue weighted by Crippen LogP contribution is 2.36. The normalized spacial score (nSPS) is 23.8. The lowest BCUT2D eigenvalue weighted by Gasteiger charge is -2.24. The molecule has 0 amide bonds. The van der Waals surface area contributed by atoms with Gasteiger partial charge in [-0.3, -0.25) is 0 Å². The van der Waals surface area contributed by atoms with E-state index in [1.54, 1.807) is 0 Å². The van der Waals surface area contributed by atoms with Gasteiger partial charge >= 0.3 is 0 Å². The third kappa shape index (κ3) is 2.33. The van der Waals surface area contributed by atoms with Crippen molar-refractivity contribution in [2.45, 2.75) is 52.4 Å². The van der Waals surface area contributed by atoms with Crippen LogP contribution in [0.15, 0.2) is 0 Å². The fourth-order valence-corrected chi connectivity index (χ4v) is 2.15. The lowest BCUT2D eigenvalue weighted by atomic mass is 9.79. The molecule has 0 aromatic heterocycles. The first-order chi connectivity index (χ1) is 5.70. The van der Waals surface area contributed by atoms with E-state index in [9.17, 15) is 4.79 Å². The van der Waals surface area contributed by atoms with Crippen LogP contribution in [0.2, 0.25) is 0 Å². The zero-order valence-corrected chi connectivity index (χ0v) is 8.31. The molecule has 12 heavy (non-hydrogen) atoms. The second-order valence-electron chi connectivity index (χ2n) is 4.48. The van der Waals surface area contributed by atoms with E-state index in [1.807, 2.05) is 0 Å². The Balaban J connectivity index is 2.40. The highest BCUT2D eigenvalue weighted by molar-refractivity contribution is 5.58. The topological polar surface area (TPSA) is 17.1 Å². The summed E-state index contributed by atoms with van der Waals surface area (Å²) in [5.41, 5.74) is -0.0327. The zero-order chi connectivity index (χ0) is 9.03. The van der Waals surface area contributed by atoms with Gasteiger partial charge in [-0.1, -0.05) is 39.5 Å². The molecule has 1 nitrogen and oxygen atoms in total. The van der Waals surface area contributed by atoms with Crippen molar-refractivity contribution in [3.05, 3.63) is 0 Å². The Bertz CT molecular complexity index is 147. The molecule has 0 spiro atoms. The van der Waals surface area contributed by atoms with Gasteiger partial charge in [-0.2, -0.15) is 0 Å². The molecule has 1 rings (SSSR count). The lowest BCUT2D eigenvalue weighted by Crippen LogP contribution is -2.20. The van der Waals surface area contributed by atoms with Crippen molar-refractivity contribution in [1.82, 2.24) is 0 Å². The summed E-state index contributed by atoms with van der Waals surface area (Å²) in [5.74, 6) is 0.833. The maximum Gasteiger partial charge on any atom is 0.125 e. The van der Waals surface area contributed by atoms with Crippen molar-refractivity contribution >= 4 is 6.29 Å². The van der Waals surface area contributed by atoms with Gasteiger partial charge in [-0.15, -0.1) is 0 Å². The Morgan fingerprint density at radius 1 is 1.42 bits per heavy atom. The molecule has 70 valence electrons. The minimum Gasteiger partial charge on any atom is -0.303 e. The van der Waals surface area contributed by atoms with Crippen LogP contribution in [0.4, 0.5) is 0 Å². The highest BCUT2D eigenvalue weighted by Gasteiger charge is 2.27. The molecular weight excluding hydrogens is 148 g/mol. The van der Waals surface area contributed by atoms with Gasteiger partial charge in [0.1, 0.15) is 6.29 Å². The number of hydrogen-bond acceptors (Lipinski definition) is 1. The summed E-state index contributed by atoms with van der Waals surface area (Å²) >= 11 is 0. The monoisotopic (exact) mass is 168 g/mol. The summed E-state index contributed by atoms with van der Waals surface area (Å²) in [4.78, 5) is 10.8. The molecule has 0 saturated heterocycles. The van der Waals surface area contributed by atoms with Gasteiger partial charge < -0.3 is 4.79 Å². The Labute approximate surface area is 75.5 Å². The van der Waals surface area contributed by atoms with Crippen molar-refractivity contribution < 1.29 is 4.79 Å². The van der Waals surface area contributed by atoms with E-state index in [1.165, 1.54) is 25.7 Å². The predicted octanol–water partition coefficient (Wildman–Crippen LogP) is 3.18. The van der Waals surface area contributed by atoms with E-state index < -0.39 is 0 Å². The van der Waals surface area contributed by atoms with E-state index in [-0.39, 0.29) is 5.41 Å². The molecule has 1 fully saturated rings. The minimum atomic E-state index is -0.0327. The van der Waals surface area contributed by atoms with Crippen LogP contribution < -0.4 is 0 Å². The molecule has 1 atom stereocenters. The molecule has 0 aromatic rings. The Morgan fingerprint density at radius 2 is 2.00 bits per heavy atom. The lowest BCUT2D eigenvalue weighted by molar-refractivity contribution is -0.116. The van der Waals surface area contributed by atoms with Crippen molar-refractivity contribution in [3.63, 3.8) is 0 Å². The maximum atomic E-state index is 10.8. The van der Waals surface area contributed by atoms with E-state index in [0.717, 1.165) is 25.0 Å². The van der Waals surface area contributed by atoms with Gasteiger partial charge in [0.25, 0.3) is 0 Å². The number of aldehydes is 1. The van der Waals surface area contributed by atoms with Gasteiger partial charge in [-0.05, 0) is 18.8 Å². The van der Waals surface area contributed by atoms with Crippen LogP contribution in [-0.2, 0) is 4.79 Å². The SMILES string of the molecule is CCC(C)(C=O)CC1CCCC1. The first-order valence-corrected chi connectivity index (χ1v) is 5.16. The molecule has 0 aliphatic heterocycles. The summed E-state index contributed by atoms with van der Waals surface area (Å²) in [7, 11) is 0. The number of carbonyl (C=O) groups is 1. The van der Waals surface area contributed by atoms with Gasteiger partial charge in [0.05, 0.1) is 0 Å². The minimum absolute atomic E-state index is 0.0327. The molecule has 1 heteroatoms. The maximum absolute atomic E-state index is 10.8. The third-order valence-electron chi connectivity index (χ3n) is 3.32. The molecule has 0 radical (unpaired) electrons. The molecule has 1 saturated carbocycles. The fraction of sp³-hybridized carbons (Fsp3) is 0.909. The summed E-state index contributed by atoms with van der Waals surface area (Å²) in [6, 6.07) is 0. The number of hydrogen-bond donors (Lipinski definition) is 0. The van der Waals surface area contributed by atoms with Crippen LogP contribution in [0, 0.1) is 11.3 Å². The van der Waals surface area contributed by atoms with Crippen LogP contribution in [0.1, 0.15) is 52.4 Å². The predicted molar refractivity (Wildman–Crippen MR) is 51.0 cm³/mol. The van der Waals surface area contributed by atoms with Crippen molar-refractivity contribution in [3.8, 4) is 0 Å². The zero-order valence-electron chi connectivity index (χ0n) is 8.31. The van der Waals surface area contributed by atoms with Gasteiger partial charge in [0.2, 0.25) is 0 Å². The summed E-state index contributed by atoms with van der Waals surface area (Å²) in [6.45, 7) is 4.21. The second-order valence-corrected chi connectivity index (χ2v) is 4.48. The van der Waals surface area contributed by atoms with Gasteiger partial charge in [0.15, 0.2) is 0 Å². The van der Waals surface area contributed by atoms with E-state index in [4.69, 9.17) is 0 Å². The average molecular weight is 168 g/mol. The summed E-state index contributed by atoms with van der Waals surface area (Å²) in [5, 5.41) is 0. The molecule has 0 N–H and O–H groups in total. The van der Waals surface area contributed by atoms with Crippen molar-refractivity contribution in [2.75, 3.05) is 0 Å². The first kappa shape index (κ1) is 9.76. The van der Waals surface area contributed by atoms with E-state index in [0.29, 0.717) is 0 Å². The Morgan fingerprint density at radius 3 is 2.42 bits per heavy atom. The molecule has 1 aliphatic rings. The third-order valence-corrected chi connectivity index (χ3v) is 3.32. The Kier molecular flexibility index (Phi) is 3.30. The molecule has 0 aromatic carbocycles. The molecule has 1 unspecified atom stereocenters.